The molecule has 1 aliphatic rings. The summed E-state index contributed by atoms with van der Waals surface area (Å²) in [5.74, 6) is 1.45. The van der Waals surface area contributed by atoms with Gasteiger partial charge in [-0.2, -0.15) is 0 Å². The molecule has 0 spiro atoms. The van der Waals surface area contributed by atoms with E-state index in [1.165, 1.54) is 24.2 Å². The molecule has 18 heavy (non-hydrogen) atoms. The highest BCUT2D eigenvalue weighted by Gasteiger charge is 2.28. The van der Waals surface area contributed by atoms with Gasteiger partial charge in [-0.05, 0) is 32.3 Å². The number of thiophene rings is 1. The van der Waals surface area contributed by atoms with Gasteiger partial charge >= 0.3 is 0 Å². The monoisotopic (exact) mass is 261 g/mol. The number of hydrogen-bond donors (Lipinski definition) is 1. The zero-order valence-corrected chi connectivity index (χ0v) is 11.5. The van der Waals surface area contributed by atoms with Gasteiger partial charge < -0.3 is 5.32 Å². The fraction of sp³-hybridized carbons (Fsp3) is 0.462. The first-order valence-corrected chi connectivity index (χ1v) is 6.93. The van der Waals surface area contributed by atoms with E-state index in [2.05, 4.69) is 15.3 Å². The molecule has 5 heteroatoms. The lowest BCUT2D eigenvalue weighted by molar-refractivity contribution is 0.0966. The summed E-state index contributed by atoms with van der Waals surface area (Å²) in [6.07, 6.45) is 2.38. The molecule has 1 saturated carbocycles. The zero-order valence-electron chi connectivity index (χ0n) is 10.7. The van der Waals surface area contributed by atoms with E-state index in [1.54, 1.807) is 7.05 Å². The maximum Gasteiger partial charge on any atom is 0.261 e. The van der Waals surface area contributed by atoms with E-state index in [0.717, 1.165) is 32.2 Å². The molecule has 94 valence electrons. The van der Waals surface area contributed by atoms with Gasteiger partial charge in [0.25, 0.3) is 5.91 Å². The predicted molar refractivity (Wildman–Crippen MR) is 72.3 cm³/mol. The van der Waals surface area contributed by atoms with Crippen molar-refractivity contribution in [1.82, 2.24) is 15.3 Å². The van der Waals surface area contributed by atoms with Crippen LogP contribution in [0, 0.1) is 13.8 Å². The summed E-state index contributed by atoms with van der Waals surface area (Å²) in [6.45, 7) is 3.97. The van der Waals surface area contributed by atoms with Crippen LogP contribution in [0.3, 0.4) is 0 Å². The lowest BCUT2D eigenvalue weighted by atomic mass is 10.1. The van der Waals surface area contributed by atoms with E-state index in [-0.39, 0.29) is 5.91 Å². The highest BCUT2D eigenvalue weighted by molar-refractivity contribution is 7.20. The molecule has 0 unspecified atom stereocenters. The van der Waals surface area contributed by atoms with Crippen molar-refractivity contribution in [3.8, 4) is 0 Å². The molecule has 0 aliphatic heterocycles. The number of hydrogen-bond acceptors (Lipinski definition) is 4. The van der Waals surface area contributed by atoms with Crippen molar-refractivity contribution in [3.05, 3.63) is 22.0 Å². The molecular formula is C13H15N3OS. The van der Waals surface area contributed by atoms with Crippen LogP contribution in [0.15, 0.2) is 0 Å². The van der Waals surface area contributed by atoms with Crippen molar-refractivity contribution in [1.29, 1.82) is 0 Å². The van der Waals surface area contributed by atoms with E-state index >= 15 is 0 Å². The Labute approximate surface area is 109 Å². The van der Waals surface area contributed by atoms with Crippen LogP contribution in [-0.2, 0) is 0 Å². The lowest BCUT2D eigenvalue weighted by Gasteiger charge is -2.01. The van der Waals surface area contributed by atoms with Gasteiger partial charge in [-0.3, -0.25) is 4.79 Å². The quantitative estimate of drug-likeness (QED) is 0.904. The van der Waals surface area contributed by atoms with Gasteiger partial charge in [0.05, 0.1) is 10.6 Å². The topological polar surface area (TPSA) is 54.9 Å². The second kappa shape index (κ2) is 4.02. The van der Waals surface area contributed by atoms with E-state index in [9.17, 15) is 4.79 Å². The maximum absolute atomic E-state index is 11.8. The summed E-state index contributed by atoms with van der Waals surface area (Å²) in [5, 5.41) is 3.72. The molecule has 2 aromatic heterocycles. The van der Waals surface area contributed by atoms with Crippen molar-refractivity contribution in [2.45, 2.75) is 32.6 Å². The lowest BCUT2D eigenvalue weighted by Crippen LogP contribution is -2.17. The summed E-state index contributed by atoms with van der Waals surface area (Å²) in [7, 11) is 1.65. The third kappa shape index (κ3) is 1.70. The standard InChI is InChI=1S/C13H15N3OS/c1-6-9-7(2)15-11(8-4-5-8)16-13(9)18-10(6)12(17)14-3/h8H,4-5H2,1-3H3,(H,14,17). The van der Waals surface area contributed by atoms with E-state index < -0.39 is 0 Å². The average Bonchev–Trinajstić information content (AvgIpc) is 3.13. The smallest absolute Gasteiger partial charge is 0.261 e. The zero-order chi connectivity index (χ0) is 12.9. The van der Waals surface area contributed by atoms with Gasteiger partial charge in [0.1, 0.15) is 10.7 Å². The summed E-state index contributed by atoms with van der Waals surface area (Å²) >= 11 is 1.47. The molecular weight excluding hydrogens is 246 g/mol. The molecule has 0 saturated heterocycles. The maximum atomic E-state index is 11.8. The van der Waals surface area contributed by atoms with Crippen molar-refractivity contribution in [3.63, 3.8) is 0 Å². The largest absolute Gasteiger partial charge is 0.354 e. The van der Waals surface area contributed by atoms with E-state index in [0.29, 0.717) is 5.92 Å². The molecule has 0 radical (unpaired) electrons. The Hall–Kier alpha value is -1.49. The number of amides is 1. The minimum atomic E-state index is -0.0390. The van der Waals surface area contributed by atoms with Gasteiger partial charge in [-0.25, -0.2) is 9.97 Å². The molecule has 4 nitrogen and oxygen atoms in total. The van der Waals surface area contributed by atoms with Crippen LogP contribution in [0.1, 0.15) is 45.5 Å². The Morgan fingerprint density at radius 1 is 1.33 bits per heavy atom. The molecule has 1 aliphatic carbocycles. The Morgan fingerprint density at radius 2 is 2.06 bits per heavy atom. The van der Waals surface area contributed by atoms with E-state index in [1.807, 2.05) is 13.8 Å². The number of aryl methyl sites for hydroxylation is 2. The molecule has 1 fully saturated rings. The Bertz CT molecular complexity index is 643. The fourth-order valence-electron chi connectivity index (χ4n) is 2.21. The average molecular weight is 261 g/mol. The van der Waals surface area contributed by atoms with Crippen molar-refractivity contribution >= 4 is 27.5 Å². The van der Waals surface area contributed by atoms with Crippen LogP contribution in [0.4, 0.5) is 0 Å². The Kier molecular flexibility index (Phi) is 2.59. The summed E-state index contributed by atoms with van der Waals surface area (Å²) in [6, 6.07) is 0. The van der Waals surface area contributed by atoms with Crippen LogP contribution in [0.5, 0.6) is 0 Å². The normalized spacial score (nSPS) is 15.1. The van der Waals surface area contributed by atoms with Gasteiger partial charge in [0, 0.05) is 18.4 Å². The minimum absolute atomic E-state index is 0.0390. The molecule has 1 amide bonds. The van der Waals surface area contributed by atoms with Crippen LogP contribution < -0.4 is 5.32 Å². The molecule has 0 atom stereocenters. The van der Waals surface area contributed by atoms with Crippen molar-refractivity contribution < 1.29 is 4.79 Å². The van der Waals surface area contributed by atoms with Crippen LogP contribution >= 0.6 is 11.3 Å². The number of nitrogens with one attached hydrogen (secondary N) is 1. The highest BCUT2D eigenvalue weighted by atomic mass is 32.1. The van der Waals surface area contributed by atoms with Crippen LogP contribution in [0.2, 0.25) is 0 Å². The van der Waals surface area contributed by atoms with Gasteiger partial charge in [0.15, 0.2) is 0 Å². The first kappa shape index (κ1) is 11.6. The van der Waals surface area contributed by atoms with Gasteiger partial charge in [-0.15, -0.1) is 11.3 Å². The minimum Gasteiger partial charge on any atom is -0.354 e. The highest BCUT2D eigenvalue weighted by Crippen LogP contribution is 2.40. The third-order valence-electron chi connectivity index (χ3n) is 3.36. The van der Waals surface area contributed by atoms with E-state index in [4.69, 9.17) is 0 Å². The fourth-order valence-corrected chi connectivity index (χ4v) is 3.40. The molecule has 0 aromatic carbocycles. The molecule has 1 N–H and O–H groups in total. The van der Waals surface area contributed by atoms with Crippen LogP contribution in [-0.4, -0.2) is 22.9 Å². The number of fused-ring (bicyclic) bond motifs is 1. The third-order valence-corrected chi connectivity index (χ3v) is 4.55. The van der Waals surface area contributed by atoms with Gasteiger partial charge in [0.2, 0.25) is 0 Å². The summed E-state index contributed by atoms with van der Waals surface area (Å²) in [4.78, 5) is 22.7. The Morgan fingerprint density at radius 3 is 2.67 bits per heavy atom. The molecule has 0 bridgehead atoms. The molecule has 2 heterocycles. The summed E-state index contributed by atoms with van der Waals surface area (Å²) in [5.41, 5.74) is 1.99. The number of rotatable bonds is 2. The second-order valence-corrected chi connectivity index (χ2v) is 5.76. The number of carbonyl (C=O) groups excluding carboxylic acids is 1. The Balaban J connectivity index is 2.22. The van der Waals surface area contributed by atoms with Crippen LogP contribution in [0.25, 0.3) is 10.2 Å². The number of carbonyl (C=O) groups is 1. The predicted octanol–water partition coefficient (Wildman–Crippen LogP) is 2.55. The molecule has 3 rings (SSSR count). The van der Waals surface area contributed by atoms with Crippen molar-refractivity contribution in [2.24, 2.45) is 0 Å². The van der Waals surface area contributed by atoms with Gasteiger partial charge in [-0.1, -0.05) is 0 Å². The number of aromatic nitrogens is 2. The SMILES string of the molecule is CNC(=O)c1sc2nc(C3CC3)nc(C)c2c1C. The van der Waals surface area contributed by atoms with Crippen molar-refractivity contribution in [2.75, 3.05) is 7.05 Å². The molecule has 2 aromatic rings. The first-order valence-electron chi connectivity index (χ1n) is 6.11. The first-order chi connectivity index (χ1) is 8.61. The second-order valence-electron chi connectivity index (χ2n) is 4.76. The summed E-state index contributed by atoms with van der Waals surface area (Å²) < 4.78 is 0. The number of nitrogens with zero attached hydrogens (tertiary/aromatic N) is 2.